The van der Waals surface area contributed by atoms with Gasteiger partial charge >= 0.3 is 5.97 Å². The van der Waals surface area contributed by atoms with Crippen LogP contribution >= 0.6 is 23.4 Å². The maximum atomic E-state index is 11.4. The first kappa shape index (κ1) is 15.6. The average molecular weight is 300 g/mol. The number of aliphatic hydroxyl groups is 1. The summed E-state index contributed by atoms with van der Waals surface area (Å²) in [4.78, 5) is 12.3. The number of nitrogens with one attached hydrogen (secondary N) is 1. The van der Waals surface area contributed by atoms with Crippen molar-refractivity contribution >= 4 is 35.0 Å². The number of hydrogen-bond acceptors (Lipinski definition) is 5. The molecule has 4 nitrogen and oxygen atoms in total. The number of ether oxygens (including phenoxy) is 1. The predicted octanol–water partition coefficient (Wildman–Crippen LogP) is 3.46. The molecule has 1 rings (SSSR count). The van der Waals surface area contributed by atoms with Gasteiger partial charge in [0.15, 0.2) is 0 Å². The number of rotatable bonds is 5. The quantitative estimate of drug-likeness (QED) is 0.287. The van der Waals surface area contributed by atoms with Gasteiger partial charge in [0.2, 0.25) is 0 Å². The normalized spacial score (nSPS) is 11.7. The lowest BCUT2D eigenvalue weighted by Gasteiger charge is -2.07. The summed E-state index contributed by atoms with van der Waals surface area (Å²) < 4.78 is 4.54. The standard InChI is InChI=1S/C13H14ClNO3S/c1-8(15)12(13(17)18-2)11(16)7-19-10-5-3-9(14)4-6-10/h3-6,15-16H,7H2,1-2H3. The summed E-state index contributed by atoms with van der Waals surface area (Å²) in [5.41, 5.74) is -0.120. The van der Waals surface area contributed by atoms with Crippen LogP contribution in [0.2, 0.25) is 5.02 Å². The molecule has 2 N–H and O–H groups in total. The topological polar surface area (TPSA) is 70.4 Å². The van der Waals surface area contributed by atoms with Crippen LogP contribution in [0.4, 0.5) is 0 Å². The van der Waals surface area contributed by atoms with Crippen LogP contribution in [0.5, 0.6) is 0 Å². The fourth-order valence-corrected chi connectivity index (χ4v) is 2.25. The number of thioether (sulfide) groups is 1. The van der Waals surface area contributed by atoms with Crippen molar-refractivity contribution in [3.05, 3.63) is 40.6 Å². The number of benzene rings is 1. The molecule has 0 aromatic heterocycles. The summed E-state index contributed by atoms with van der Waals surface area (Å²) in [5.74, 6) is -0.691. The Morgan fingerprint density at radius 3 is 2.47 bits per heavy atom. The van der Waals surface area contributed by atoms with Crippen molar-refractivity contribution in [3.8, 4) is 0 Å². The summed E-state index contributed by atoms with van der Waals surface area (Å²) in [6, 6.07) is 7.12. The molecule has 1 aromatic carbocycles. The Hall–Kier alpha value is -1.46. The molecular formula is C13H14ClNO3S. The second-order valence-electron chi connectivity index (χ2n) is 3.68. The minimum atomic E-state index is -0.707. The van der Waals surface area contributed by atoms with E-state index in [2.05, 4.69) is 4.74 Å². The van der Waals surface area contributed by atoms with Gasteiger partial charge in [0, 0.05) is 15.6 Å². The van der Waals surface area contributed by atoms with E-state index >= 15 is 0 Å². The van der Waals surface area contributed by atoms with Gasteiger partial charge in [-0.05, 0) is 31.2 Å². The number of carbonyl (C=O) groups is 1. The second kappa shape index (κ2) is 7.21. The first-order chi connectivity index (χ1) is 8.95. The Morgan fingerprint density at radius 1 is 1.42 bits per heavy atom. The molecule has 0 atom stereocenters. The summed E-state index contributed by atoms with van der Waals surface area (Å²) in [5, 5.41) is 18.0. The highest BCUT2D eigenvalue weighted by Gasteiger charge is 2.18. The molecule has 0 amide bonds. The molecule has 0 fully saturated rings. The monoisotopic (exact) mass is 299 g/mol. The van der Waals surface area contributed by atoms with E-state index in [4.69, 9.17) is 17.0 Å². The Bertz CT molecular complexity index is 511. The van der Waals surface area contributed by atoms with Crippen LogP contribution in [0, 0.1) is 5.41 Å². The zero-order chi connectivity index (χ0) is 14.4. The lowest BCUT2D eigenvalue weighted by atomic mass is 10.1. The van der Waals surface area contributed by atoms with E-state index < -0.39 is 5.97 Å². The first-order valence-corrected chi connectivity index (χ1v) is 6.76. The SMILES string of the molecule is COC(=O)C(C(C)=N)=C(O)CSc1ccc(Cl)cc1. The molecule has 1 aromatic rings. The lowest BCUT2D eigenvalue weighted by molar-refractivity contribution is -0.135. The van der Waals surface area contributed by atoms with E-state index in [0.717, 1.165) is 4.90 Å². The minimum absolute atomic E-state index is 0.0268. The molecule has 0 bridgehead atoms. The molecule has 0 saturated carbocycles. The van der Waals surface area contributed by atoms with Crippen molar-refractivity contribution in [1.82, 2.24) is 0 Å². The molecule has 0 aliphatic carbocycles. The van der Waals surface area contributed by atoms with Gasteiger partial charge in [-0.2, -0.15) is 0 Å². The molecule has 19 heavy (non-hydrogen) atoms. The van der Waals surface area contributed by atoms with Crippen molar-refractivity contribution in [2.24, 2.45) is 0 Å². The third-order valence-corrected chi connectivity index (χ3v) is 3.52. The molecule has 0 heterocycles. The summed E-state index contributed by atoms with van der Waals surface area (Å²) in [6.07, 6.45) is 0. The number of hydrogen-bond donors (Lipinski definition) is 2. The number of halogens is 1. The van der Waals surface area contributed by atoms with E-state index in [9.17, 15) is 9.90 Å². The van der Waals surface area contributed by atoms with Gasteiger partial charge in [-0.15, -0.1) is 11.8 Å². The number of methoxy groups -OCH3 is 1. The van der Waals surface area contributed by atoms with Crippen LogP contribution in [0.25, 0.3) is 0 Å². The van der Waals surface area contributed by atoms with E-state index in [0.29, 0.717) is 5.02 Å². The predicted molar refractivity (Wildman–Crippen MR) is 77.2 cm³/mol. The van der Waals surface area contributed by atoms with Crippen LogP contribution in [0.3, 0.4) is 0 Å². The van der Waals surface area contributed by atoms with Gasteiger partial charge in [0.1, 0.15) is 11.3 Å². The molecule has 0 saturated heterocycles. The Morgan fingerprint density at radius 2 is 2.00 bits per heavy atom. The Balaban J connectivity index is 2.81. The van der Waals surface area contributed by atoms with Crippen molar-refractivity contribution in [1.29, 1.82) is 5.41 Å². The highest BCUT2D eigenvalue weighted by atomic mass is 35.5. The highest BCUT2D eigenvalue weighted by Crippen LogP contribution is 2.23. The van der Waals surface area contributed by atoms with Crippen molar-refractivity contribution in [3.63, 3.8) is 0 Å². The summed E-state index contributed by atoms with van der Waals surface area (Å²) in [7, 11) is 1.21. The van der Waals surface area contributed by atoms with Gasteiger partial charge in [-0.25, -0.2) is 4.79 Å². The van der Waals surface area contributed by atoms with E-state index in [1.165, 1.54) is 25.8 Å². The minimum Gasteiger partial charge on any atom is -0.510 e. The lowest BCUT2D eigenvalue weighted by Crippen LogP contribution is -2.15. The summed E-state index contributed by atoms with van der Waals surface area (Å²) in [6.45, 7) is 1.43. The van der Waals surface area contributed by atoms with Crippen molar-refractivity contribution in [2.45, 2.75) is 11.8 Å². The molecule has 0 aliphatic rings. The molecule has 102 valence electrons. The summed E-state index contributed by atoms with van der Waals surface area (Å²) >= 11 is 7.11. The maximum absolute atomic E-state index is 11.4. The van der Waals surface area contributed by atoms with E-state index in [-0.39, 0.29) is 22.8 Å². The highest BCUT2D eigenvalue weighted by molar-refractivity contribution is 7.99. The fraction of sp³-hybridized carbons (Fsp3) is 0.231. The Labute approximate surface area is 120 Å². The Kier molecular flexibility index (Phi) is 5.92. The zero-order valence-corrected chi connectivity index (χ0v) is 12.1. The molecule has 6 heteroatoms. The third kappa shape index (κ3) is 4.61. The average Bonchev–Trinajstić information content (AvgIpc) is 2.37. The number of carbonyl (C=O) groups excluding carboxylic acids is 1. The van der Waals surface area contributed by atoms with Gasteiger partial charge in [-0.1, -0.05) is 11.6 Å². The van der Waals surface area contributed by atoms with Gasteiger partial charge < -0.3 is 15.3 Å². The largest absolute Gasteiger partial charge is 0.510 e. The smallest absolute Gasteiger partial charge is 0.343 e. The van der Waals surface area contributed by atoms with Crippen molar-refractivity contribution < 1.29 is 14.6 Å². The fourth-order valence-electron chi connectivity index (χ4n) is 1.34. The van der Waals surface area contributed by atoms with Crippen LogP contribution in [0.1, 0.15) is 6.92 Å². The molecule has 0 unspecified atom stereocenters. The first-order valence-electron chi connectivity index (χ1n) is 5.40. The van der Waals surface area contributed by atoms with Gasteiger partial charge in [0.25, 0.3) is 0 Å². The number of esters is 1. The molecule has 0 aliphatic heterocycles. The molecule has 0 radical (unpaired) electrons. The van der Waals surface area contributed by atoms with Crippen LogP contribution in [-0.4, -0.2) is 29.7 Å². The van der Waals surface area contributed by atoms with Crippen LogP contribution in [0.15, 0.2) is 40.5 Å². The van der Waals surface area contributed by atoms with Crippen LogP contribution < -0.4 is 0 Å². The van der Waals surface area contributed by atoms with E-state index in [1.807, 2.05) is 12.1 Å². The zero-order valence-electron chi connectivity index (χ0n) is 10.6. The van der Waals surface area contributed by atoms with Gasteiger partial charge in [0.05, 0.1) is 12.9 Å². The second-order valence-corrected chi connectivity index (χ2v) is 5.17. The number of aliphatic hydroxyl groups excluding tert-OH is 1. The third-order valence-electron chi connectivity index (χ3n) is 2.24. The van der Waals surface area contributed by atoms with Gasteiger partial charge in [-0.3, -0.25) is 0 Å². The van der Waals surface area contributed by atoms with Crippen LogP contribution in [-0.2, 0) is 9.53 Å². The molecule has 0 spiro atoms. The molecular weight excluding hydrogens is 286 g/mol. The maximum Gasteiger partial charge on any atom is 0.343 e. The van der Waals surface area contributed by atoms with Crippen molar-refractivity contribution in [2.75, 3.05) is 12.9 Å². The van der Waals surface area contributed by atoms with E-state index in [1.54, 1.807) is 12.1 Å².